The van der Waals surface area contributed by atoms with Crippen molar-refractivity contribution in [2.24, 2.45) is 0 Å². The molecule has 3 aromatic rings. The van der Waals surface area contributed by atoms with Crippen LogP contribution in [0.4, 0.5) is 0 Å². The number of aryl methyl sites for hydroxylation is 2. The van der Waals surface area contributed by atoms with E-state index >= 15 is 0 Å². The van der Waals surface area contributed by atoms with E-state index in [0.717, 1.165) is 17.9 Å². The van der Waals surface area contributed by atoms with Gasteiger partial charge in [-0.3, -0.25) is 20.4 Å². The van der Waals surface area contributed by atoms with E-state index in [0.29, 0.717) is 11.1 Å². The van der Waals surface area contributed by atoms with Gasteiger partial charge >= 0.3 is 0 Å². The number of rotatable bonds is 3. The number of aromatic hydroxyl groups is 1. The van der Waals surface area contributed by atoms with E-state index < -0.39 is 11.8 Å². The molecule has 7 nitrogen and oxygen atoms in total. The van der Waals surface area contributed by atoms with Crippen LogP contribution in [-0.4, -0.2) is 26.5 Å². The highest BCUT2D eigenvalue weighted by Gasteiger charge is 2.13. The van der Waals surface area contributed by atoms with Crippen molar-refractivity contribution >= 4 is 34.4 Å². The summed E-state index contributed by atoms with van der Waals surface area (Å²) in [5.74, 6) is -0.263. The van der Waals surface area contributed by atoms with Gasteiger partial charge in [0.25, 0.3) is 11.8 Å². The minimum Gasteiger partial charge on any atom is -0.506 e. The first-order valence-electron chi connectivity index (χ1n) is 7.96. The fourth-order valence-electron chi connectivity index (χ4n) is 2.70. The Morgan fingerprint density at radius 2 is 1.73 bits per heavy atom. The minimum absolute atomic E-state index is 0.0521. The molecule has 0 spiro atoms. The van der Waals surface area contributed by atoms with Crippen LogP contribution in [0.15, 0.2) is 36.4 Å². The Hall–Kier alpha value is -3.06. The highest BCUT2D eigenvalue weighted by Crippen LogP contribution is 2.23. The highest BCUT2D eigenvalue weighted by atomic mass is 35.5. The summed E-state index contributed by atoms with van der Waals surface area (Å²) in [6.45, 7) is 4.73. The third-order valence-corrected chi connectivity index (χ3v) is 4.32. The van der Waals surface area contributed by atoms with Crippen LogP contribution >= 0.6 is 11.6 Å². The van der Waals surface area contributed by atoms with Crippen molar-refractivity contribution in [1.29, 1.82) is 0 Å². The van der Waals surface area contributed by atoms with Crippen molar-refractivity contribution in [3.63, 3.8) is 0 Å². The number of nitrogens with one attached hydrogen (secondary N) is 2. The van der Waals surface area contributed by atoms with Gasteiger partial charge in [0.15, 0.2) is 0 Å². The van der Waals surface area contributed by atoms with Gasteiger partial charge in [0.2, 0.25) is 0 Å². The predicted molar refractivity (Wildman–Crippen MR) is 98.2 cm³/mol. The molecule has 3 rings (SSSR count). The Labute approximate surface area is 154 Å². The van der Waals surface area contributed by atoms with Crippen LogP contribution in [-0.2, 0) is 6.54 Å². The third kappa shape index (κ3) is 3.34. The van der Waals surface area contributed by atoms with E-state index in [1.54, 1.807) is 12.1 Å². The molecule has 0 aliphatic heterocycles. The van der Waals surface area contributed by atoms with Gasteiger partial charge in [0, 0.05) is 17.7 Å². The molecule has 8 heteroatoms. The van der Waals surface area contributed by atoms with Crippen LogP contribution in [0.25, 0.3) is 11.0 Å². The summed E-state index contributed by atoms with van der Waals surface area (Å²) in [6, 6.07) is 9.19. The molecule has 0 aliphatic carbocycles. The Balaban J connectivity index is 1.72. The molecular weight excluding hydrogens is 356 g/mol. The zero-order valence-electron chi connectivity index (χ0n) is 14.2. The van der Waals surface area contributed by atoms with Crippen molar-refractivity contribution in [2.45, 2.75) is 20.4 Å². The highest BCUT2D eigenvalue weighted by molar-refractivity contribution is 6.32. The van der Waals surface area contributed by atoms with Crippen LogP contribution < -0.4 is 10.9 Å². The topological polar surface area (TPSA) is 96.3 Å². The Morgan fingerprint density at radius 1 is 1.12 bits per heavy atom. The second kappa shape index (κ2) is 7.05. The van der Waals surface area contributed by atoms with Crippen LogP contribution in [0.3, 0.4) is 0 Å². The third-order valence-electron chi connectivity index (χ3n) is 4.02. The molecule has 0 fully saturated rings. The van der Waals surface area contributed by atoms with E-state index in [9.17, 15) is 14.7 Å². The van der Waals surface area contributed by atoms with Gasteiger partial charge in [-0.2, -0.15) is 0 Å². The summed E-state index contributed by atoms with van der Waals surface area (Å²) >= 11 is 5.77. The van der Waals surface area contributed by atoms with Crippen molar-refractivity contribution in [1.82, 2.24) is 20.4 Å². The number of phenols is 1. The number of carbonyl (C=O) groups excluding carboxylic acids is 2. The SMILES string of the molecule is CCn1c(C)nc2cc(C(=O)NNC(=O)c3ccc(O)c(Cl)c3)ccc21. The van der Waals surface area contributed by atoms with Crippen LogP contribution in [0.1, 0.15) is 33.5 Å². The summed E-state index contributed by atoms with van der Waals surface area (Å²) in [5, 5.41) is 9.43. The Morgan fingerprint density at radius 3 is 2.35 bits per heavy atom. The lowest BCUT2D eigenvalue weighted by molar-refractivity contribution is 0.0846. The van der Waals surface area contributed by atoms with E-state index in [-0.39, 0.29) is 16.3 Å². The monoisotopic (exact) mass is 372 g/mol. The first-order chi connectivity index (χ1) is 12.4. The van der Waals surface area contributed by atoms with Crippen LogP contribution in [0, 0.1) is 6.92 Å². The molecule has 1 aromatic heterocycles. The average Bonchev–Trinajstić information content (AvgIpc) is 2.95. The van der Waals surface area contributed by atoms with Crippen LogP contribution in [0.5, 0.6) is 5.75 Å². The van der Waals surface area contributed by atoms with Crippen molar-refractivity contribution < 1.29 is 14.7 Å². The fraction of sp³-hybridized carbons (Fsp3) is 0.167. The summed E-state index contributed by atoms with van der Waals surface area (Å²) < 4.78 is 2.05. The standard InChI is InChI=1S/C18H17ClN4O3/c1-3-23-10(2)20-14-9-12(4-6-15(14)23)18(26)22-21-17(25)11-5-7-16(24)13(19)8-11/h4-9,24H,3H2,1-2H3,(H,21,25)(H,22,26). The molecule has 0 radical (unpaired) electrons. The zero-order chi connectivity index (χ0) is 18.8. The van der Waals surface area contributed by atoms with E-state index in [2.05, 4.69) is 15.8 Å². The maximum Gasteiger partial charge on any atom is 0.269 e. The number of halogens is 1. The van der Waals surface area contributed by atoms with Crippen molar-refractivity contribution in [3.05, 3.63) is 58.4 Å². The maximum atomic E-state index is 12.3. The molecule has 2 aromatic carbocycles. The summed E-state index contributed by atoms with van der Waals surface area (Å²) in [7, 11) is 0. The molecule has 3 N–H and O–H groups in total. The summed E-state index contributed by atoms with van der Waals surface area (Å²) in [4.78, 5) is 28.8. The average molecular weight is 373 g/mol. The smallest absolute Gasteiger partial charge is 0.269 e. The van der Waals surface area contributed by atoms with Crippen LogP contribution in [0.2, 0.25) is 5.02 Å². The molecule has 0 saturated carbocycles. The lowest BCUT2D eigenvalue weighted by Crippen LogP contribution is -2.41. The number of nitrogens with zero attached hydrogens (tertiary/aromatic N) is 2. The number of imidazole rings is 1. The molecule has 1 heterocycles. The molecular formula is C18H17ClN4O3. The van der Waals surface area contributed by atoms with Gasteiger partial charge < -0.3 is 9.67 Å². The van der Waals surface area contributed by atoms with Gasteiger partial charge in [0.05, 0.1) is 16.1 Å². The number of hydrazine groups is 1. The summed E-state index contributed by atoms with van der Waals surface area (Å²) in [5.41, 5.74) is 6.92. The number of hydrogen-bond donors (Lipinski definition) is 3. The number of hydrogen-bond acceptors (Lipinski definition) is 4. The first kappa shape index (κ1) is 17.8. The van der Waals surface area contributed by atoms with Gasteiger partial charge in [-0.1, -0.05) is 11.6 Å². The first-order valence-corrected chi connectivity index (χ1v) is 8.34. The zero-order valence-corrected chi connectivity index (χ0v) is 15.0. The number of benzene rings is 2. The van der Waals surface area contributed by atoms with Gasteiger partial charge in [-0.05, 0) is 50.2 Å². The molecule has 26 heavy (non-hydrogen) atoms. The van der Waals surface area contributed by atoms with Gasteiger partial charge in [0.1, 0.15) is 11.6 Å². The number of aromatic nitrogens is 2. The van der Waals surface area contributed by atoms with E-state index in [4.69, 9.17) is 11.6 Å². The molecule has 134 valence electrons. The number of phenolic OH excluding ortho intramolecular Hbond substituents is 1. The number of carbonyl (C=O) groups is 2. The molecule has 0 aliphatic rings. The van der Waals surface area contributed by atoms with Crippen molar-refractivity contribution in [2.75, 3.05) is 0 Å². The molecule has 0 saturated heterocycles. The van der Waals surface area contributed by atoms with Crippen molar-refractivity contribution in [3.8, 4) is 5.75 Å². The Kier molecular flexibility index (Phi) is 4.81. The maximum absolute atomic E-state index is 12.3. The second-order valence-corrected chi connectivity index (χ2v) is 6.09. The lowest BCUT2D eigenvalue weighted by Gasteiger charge is -2.08. The lowest BCUT2D eigenvalue weighted by atomic mass is 10.2. The Bertz CT molecular complexity index is 1010. The number of fused-ring (bicyclic) bond motifs is 1. The largest absolute Gasteiger partial charge is 0.506 e. The molecule has 0 unspecified atom stereocenters. The molecule has 0 atom stereocenters. The van der Waals surface area contributed by atoms with Gasteiger partial charge in [-0.25, -0.2) is 4.98 Å². The molecule has 2 amide bonds. The van der Waals surface area contributed by atoms with Gasteiger partial charge in [-0.15, -0.1) is 0 Å². The minimum atomic E-state index is -0.549. The predicted octanol–water partition coefficient (Wildman–Crippen LogP) is 2.80. The number of amides is 2. The normalized spacial score (nSPS) is 10.7. The quantitative estimate of drug-likeness (QED) is 0.616. The fourth-order valence-corrected chi connectivity index (χ4v) is 2.88. The second-order valence-electron chi connectivity index (χ2n) is 5.68. The van der Waals surface area contributed by atoms with E-state index in [1.165, 1.54) is 18.2 Å². The van der Waals surface area contributed by atoms with E-state index in [1.807, 2.05) is 24.5 Å². The summed E-state index contributed by atoms with van der Waals surface area (Å²) in [6.07, 6.45) is 0. The molecule has 0 bridgehead atoms.